The van der Waals surface area contributed by atoms with Gasteiger partial charge in [0.25, 0.3) is 11.8 Å². The first-order valence-electron chi connectivity index (χ1n) is 9.46. The summed E-state index contributed by atoms with van der Waals surface area (Å²) in [6.45, 7) is 0.242. The number of nitrogen functional groups attached to an aromatic ring is 1. The molecule has 3 aromatic rings. The van der Waals surface area contributed by atoms with E-state index in [2.05, 4.69) is 10.6 Å². The molecule has 0 spiro atoms. The molecule has 0 heterocycles. The van der Waals surface area contributed by atoms with E-state index in [1.807, 2.05) is 37.2 Å². The van der Waals surface area contributed by atoms with Crippen molar-refractivity contribution in [1.82, 2.24) is 0 Å². The lowest BCUT2D eigenvalue weighted by Crippen LogP contribution is -2.16. The summed E-state index contributed by atoms with van der Waals surface area (Å²) in [6.07, 6.45) is 0. The third-order valence-corrected chi connectivity index (χ3v) is 4.61. The van der Waals surface area contributed by atoms with Crippen molar-refractivity contribution >= 4 is 34.6 Å². The fourth-order valence-electron chi connectivity index (χ4n) is 2.95. The lowest BCUT2D eigenvalue weighted by molar-refractivity contribution is 0.101. The highest BCUT2D eigenvalue weighted by Crippen LogP contribution is 2.23. The number of nitrogens with one attached hydrogen (secondary N) is 2. The van der Waals surface area contributed by atoms with E-state index < -0.39 is 0 Å². The quantitative estimate of drug-likeness (QED) is 0.472. The second kappa shape index (κ2) is 9.11. The highest BCUT2D eigenvalue weighted by Gasteiger charge is 2.12. The van der Waals surface area contributed by atoms with Crippen LogP contribution in [0.25, 0.3) is 0 Å². The van der Waals surface area contributed by atoms with Gasteiger partial charge in [-0.1, -0.05) is 18.2 Å². The molecular weight excluding hydrogens is 378 g/mol. The standard InChI is InChI=1S/C23H25N5O2/c1-28(2)20-8-4-6-16(12-20)22(29)26-19-10-9-17(14-24)21(13-19)27-23(30)15-5-3-7-18(25)11-15/h3-13H,14,24-25H2,1-2H3,(H,26,29)(H,27,30). The van der Waals surface area contributed by atoms with Gasteiger partial charge in [-0.05, 0) is 54.1 Å². The third-order valence-electron chi connectivity index (χ3n) is 4.61. The van der Waals surface area contributed by atoms with Crippen LogP contribution in [0, 0.1) is 0 Å². The monoisotopic (exact) mass is 403 g/mol. The summed E-state index contributed by atoms with van der Waals surface area (Å²) in [5.41, 5.74) is 15.8. The number of nitrogens with two attached hydrogens (primary N) is 2. The Balaban J connectivity index is 1.81. The van der Waals surface area contributed by atoms with Crippen molar-refractivity contribution in [3.63, 3.8) is 0 Å². The topological polar surface area (TPSA) is 113 Å². The minimum Gasteiger partial charge on any atom is -0.399 e. The molecule has 0 saturated heterocycles. The number of carbonyl (C=O) groups is 2. The van der Waals surface area contributed by atoms with Crippen LogP contribution in [0.15, 0.2) is 66.7 Å². The average Bonchev–Trinajstić information content (AvgIpc) is 2.74. The molecule has 0 aromatic heterocycles. The molecule has 0 saturated carbocycles. The van der Waals surface area contributed by atoms with Gasteiger partial charge in [0.15, 0.2) is 0 Å². The van der Waals surface area contributed by atoms with E-state index in [1.54, 1.807) is 48.5 Å². The summed E-state index contributed by atoms with van der Waals surface area (Å²) < 4.78 is 0. The van der Waals surface area contributed by atoms with Crippen LogP contribution in [0.4, 0.5) is 22.7 Å². The van der Waals surface area contributed by atoms with E-state index in [0.717, 1.165) is 11.3 Å². The number of anilines is 4. The van der Waals surface area contributed by atoms with Gasteiger partial charge in [0.1, 0.15) is 0 Å². The van der Waals surface area contributed by atoms with Crippen LogP contribution in [0.5, 0.6) is 0 Å². The number of benzene rings is 3. The number of rotatable bonds is 6. The van der Waals surface area contributed by atoms with E-state index in [1.165, 1.54) is 0 Å². The molecule has 6 N–H and O–H groups in total. The molecule has 154 valence electrons. The molecule has 3 aromatic carbocycles. The number of carbonyl (C=O) groups excluding carboxylic acids is 2. The van der Waals surface area contributed by atoms with Crippen molar-refractivity contribution in [2.45, 2.75) is 6.54 Å². The van der Waals surface area contributed by atoms with E-state index >= 15 is 0 Å². The summed E-state index contributed by atoms with van der Waals surface area (Å²) in [6, 6.07) is 19.3. The van der Waals surface area contributed by atoms with Crippen molar-refractivity contribution < 1.29 is 9.59 Å². The van der Waals surface area contributed by atoms with Crippen molar-refractivity contribution in [2.24, 2.45) is 5.73 Å². The first-order chi connectivity index (χ1) is 14.4. The van der Waals surface area contributed by atoms with Gasteiger partial charge in [0, 0.05) is 54.5 Å². The third kappa shape index (κ3) is 4.95. The lowest BCUT2D eigenvalue weighted by Gasteiger charge is -2.15. The van der Waals surface area contributed by atoms with Crippen LogP contribution in [0.2, 0.25) is 0 Å². The maximum absolute atomic E-state index is 12.7. The van der Waals surface area contributed by atoms with Gasteiger partial charge in [-0.2, -0.15) is 0 Å². The Morgan fingerprint density at radius 1 is 0.867 bits per heavy atom. The normalized spacial score (nSPS) is 10.4. The molecule has 0 atom stereocenters. The van der Waals surface area contributed by atoms with E-state index in [9.17, 15) is 9.59 Å². The molecule has 2 amide bonds. The van der Waals surface area contributed by atoms with E-state index in [0.29, 0.717) is 28.2 Å². The number of hydrogen-bond acceptors (Lipinski definition) is 5. The molecule has 30 heavy (non-hydrogen) atoms. The Bertz CT molecular complexity index is 1080. The minimum atomic E-state index is -0.306. The van der Waals surface area contributed by atoms with Gasteiger partial charge in [0.2, 0.25) is 0 Å². The van der Waals surface area contributed by atoms with Gasteiger partial charge in [0.05, 0.1) is 0 Å². The van der Waals surface area contributed by atoms with Gasteiger partial charge in [-0.3, -0.25) is 9.59 Å². The largest absolute Gasteiger partial charge is 0.399 e. The summed E-state index contributed by atoms with van der Waals surface area (Å²) in [5, 5.41) is 5.72. The first kappa shape index (κ1) is 20.9. The summed E-state index contributed by atoms with van der Waals surface area (Å²) in [4.78, 5) is 27.2. The number of hydrogen-bond donors (Lipinski definition) is 4. The summed E-state index contributed by atoms with van der Waals surface area (Å²) >= 11 is 0. The number of amides is 2. The minimum absolute atomic E-state index is 0.242. The van der Waals surface area contributed by atoms with Crippen LogP contribution in [-0.2, 0) is 6.54 Å². The zero-order valence-electron chi connectivity index (χ0n) is 17.0. The van der Waals surface area contributed by atoms with Crippen LogP contribution < -0.4 is 27.0 Å². The maximum Gasteiger partial charge on any atom is 0.255 e. The smallest absolute Gasteiger partial charge is 0.255 e. The molecule has 7 heteroatoms. The Hall–Kier alpha value is -3.84. The fraction of sp³-hybridized carbons (Fsp3) is 0.130. The zero-order chi connectivity index (χ0) is 21.7. The second-order valence-corrected chi connectivity index (χ2v) is 7.05. The number of nitrogens with zero attached hydrogens (tertiary/aromatic N) is 1. The van der Waals surface area contributed by atoms with Crippen molar-refractivity contribution in [3.8, 4) is 0 Å². The van der Waals surface area contributed by atoms with Crippen molar-refractivity contribution in [2.75, 3.05) is 35.4 Å². The zero-order valence-corrected chi connectivity index (χ0v) is 17.0. The fourth-order valence-corrected chi connectivity index (χ4v) is 2.95. The Morgan fingerprint density at radius 3 is 2.20 bits per heavy atom. The molecule has 0 fully saturated rings. The molecule has 3 rings (SSSR count). The summed E-state index contributed by atoms with van der Waals surface area (Å²) in [7, 11) is 3.83. The molecule has 0 aliphatic heterocycles. The molecule has 0 radical (unpaired) electrons. The highest BCUT2D eigenvalue weighted by atomic mass is 16.2. The van der Waals surface area contributed by atoms with Crippen LogP contribution in [-0.4, -0.2) is 25.9 Å². The second-order valence-electron chi connectivity index (χ2n) is 7.05. The Morgan fingerprint density at radius 2 is 1.53 bits per heavy atom. The molecule has 0 bridgehead atoms. The van der Waals surface area contributed by atoms with Gasteiger partial charge >= 0.3 is 0 Å². The molecular formula is C23H25N5O2. The van der Waals surface area contributed by atoms with Crippen LogP contribution in [0.1, 0.15) is 26.3 Å². The van der Waals surface area contributed by atoms with Crippen LogP contribution in [0.3, 0.4) is 0 Å². The van der Waals surface area contributed by atoms with Crippen molar-refractivity contribution in [1.29, 1.82) is 0 Å². The maximum atomic E-state index is 12.7. The van der Waals surface area contributed by atoms with Gasteiger partial charge in [-0.15, -0.1) is 0 Å². The molecule has 0 unspecified atom stereocenters. The van der Waals surface area contributed by atoms with E-state index in [-0.39, 0.29) is 18.4 Å². The van der Waals surface area contributed by atoms with Gasteiger partial charge < -0.3 is 27.0 Å². The van der Waals surface area contributed by atoms with E-state index in [4.69, 9.17) is 11.5 Å². The van der Waals surface area contributed by atoms with Gasteiger partial charge in [-0.25, -0.2) is 0 Å². The first-order valence-corrected chi connectivity index (χ1v) is 9.46. The SMILES string of the molecule is CN(C)c1cccc(C(=O)Nc2ccc(CN)c(NC(=O)c3cccc(N)c3)c2)c1. The predicted octanol–water partition coefficient (Wildman–Crippen LogP) is 3.30. The van der Waals surface area contributed by atoms with Crippen molar-refractivity contribution in [3.05, 3.63) is 83.4 Å². The molecule has 0 aliphatic rings. The Labute approximate surface area is 175 Å². The average molecular weight is 403 g/mol. The highest BCUT2D eigenvalue weighted by molar-refractivity contribution is 6.07. The lowest BCUT2D eigenvalue weighted by atomic mass is 10.1. The van der Waals surface area contributed by atoms with Crippen LogP contribution >= 0.6 is 0 Å². The predicted molar refractivity (Wildman–Crippen MR) is 122 cm³/mol. The molecule has 7 nitrogen and oxygen atoms in total. The Kier molecular flexibility index (Phi) is 6.34. The summed E-state index contributed by atoms with van der Waals surface area (Å²) in [5.74, 6) is -0.550. The molecule has 0 aliphatic carbocycles.